The van der Waals surface area contributed by atoms with Crippen LogP contribution in [0.15, 0.2) is 158 Å². The van der Waals surface area contributed by atoms with Crippen molar-refractivity contribution in [1.82, 2.24) is 0 Å². The number of phosphoric acid groups is 2. The zero-order chi connectivity index (χ0) is 80.8. The lowest BCUT2D eigenvalue weighted by Crippen LogP contribution is -2.30. The van der Waals surface area contributed by atoms with Crippen LogP contribution in [0.4, 0.5) is 0 Å². The predicted octanol–water partition coefficient (Wildman–Crippen LogP) is 26.5. The minimum atomic E-state index is -4.94. The number of esters is 3. The first-order valence-corrected chi connectivity index (χ1v) is 46.8. The molecular formula is C93H158O16P2. The fraction of sp³-hybridized carbons (Fsp3) is 0.688. The Kier molecular flexibility index (Phi) is 80.9. The second kappa shape index (κ2) is 84.6. The average molecular weight is 1590 g/mol. The zero-order valence-corrected chi connectivity index (χ0v) is 71.6. The van der Waals surface area contributed by atoms with Gasteiger partial charge >= 0.3 is 33.6 Å². The van der Waals surface area contributed by atoms with Crippen LogP contribution in [0, 0.1) is 0 Å². The Bertz CT molecular complexity index is 2650. The van der Waals surface area contributed by atoms with Crippen molar-refractivity contribution in [1.29, 1.82) is 0 Å². The molecule has 0 aromatic rings. The number of ether oxygens (including phenoxy) is 3. The van der Waals surface area contributed by atoms with Gasteiger partial charge in [-0.3, -0.25) is 32.5 Å². The molecule has 18 heteroatoms. The van der Waals surface area contributed by atoms with Gasteiger partial charge in [0.25, 0.3) is 0 Å². The van der Waals surface area contributed by atoms with Crippen molar-refractivity contribution in [3.63, 3.8) is 0 Å². The van der Waals surface area contributed by atoms with Gasteiger partial charge in [-0.1, -0.05) is 352 Å². The van der Waals surface area contributed by atoms with Crippen LogP contribution in [0.3, 0.4) is 0 Å². The van der Waals surface area contributed by atoms with Crippen LogP contribution in [0.1, 0.15) is 355 Å². The van der Waals surface area contributed by atoms with Crippen LogP contribution in [0.2, 0.25) is 0 Å². The molecule has 0 amide bonds. The molecule has 111 heavy (non-hydrogen) atoms. The van der Waals surface area contributed by atoms with Crippen molar-refractivity contribution in [2.75, 3.05) is 39.6 Å². The standard InChI is InChI=1S/C93H158O16P2/c1-4-7-10-13-16-19-22-25-28-31-33-35-37-38-39-40-41-42-43-44-45-46-47-48-50-52-53-56-58-61-64-67-70-73-76-79-91(96)103-82-88(94)83-105-110(99,100)106-84-89(95)85-107-111(101,102)108-87-90(109-93(98)81-78-75-72-69-66-63-60-55-30-27-24-21-18-15-12-9-6-3)86-104-92(97)80-77-74-71-68-65-62-59-57-54-51-49-36-34-32-29-26-23-20-17-14-11-8-5-2/h7-12,16-21,25-30,33-36,38-39,51,54,88-90,94-95H,4-6,13-15,22-24,31-32,37,40-50,52-53,55-87H2,1-3H3,(H,99,100)(H,101,102)/b10-7-,11-8-,12-9-,19-16-,20-17-,21-18-,28-25-,29-26-,30-27-,35-33-,36-34-,39-38-,54-51-. The molecule has 0 fully saturated rings. The summed E-state index contributed by atoms with van der Waals surface area (Å²) >= 11 is 0. The largest absolute Gasteiger partial charge is 0.472 e. The van der Waals surface area contributed by atoms with E-state index in [-0.39, 0.29) is 19.3 Å². The first-order valence-electron chi connectivity index (χ1n) is 43.8. The van der Waals surface area contributed by atoms with Gasteiger partial charge in [0.1, 0.15) is 25.4 Å². The van der Waals surface area contributed by atoms with E-state index in [1.54, 1.807) is 0 Å². The Labute approximate surface area is 676 Å². The molecule has 636 valence electrons. The smallest absolute Gasteiger partial charge is 0.463 e. The molecule has 0 rings (SSSR count). The maximum atomic E-state index is 13.0. The Hall–Kier alpha value is -4.83. The average Bonchev–Trinajstić information content (AvgIpc) is 0.901. The van der Waals surface area contributed by atoms with Crippen LogP contribution >= 0.6 is 15.6 Å². The molecule has 5 unspecified atom stereocenters. The highest BCUT2D eigenvalue weighted by Crippen LogP contribution is 2.45. The lowest BCUT2D eigenvalue weighted by atomic mass is 10.0. The van der Waals surface area contributed by atoms with E-state index in [1.807, 2.05) is 0 Å². The highest BCUT2D eigenvalue weighted by Gasteiger charge is 2.29. The van der Waals surface area contributed by atoms with Crippen molar-refractivity contribution >= 4 is 33.6 Å². The Morgan fingerprint density at radius 2 is 0.450 bits per heavy atom. The van der Waals surface area contributed by atoms with E-state index in [0.717, 1.165) is 193 Å². The van der Waals surface area contributed by atoms with Crippen LogP contribution in [-0.4, -0.2) is 95.9 Å². The van der Waals surface area contributed by atoms with Crippen molar-refractivity contribution in [2.24, 2.45) is 0 Å². The number of hydrogen-bond donors (Lipinski definition) is 4. The highest BCUT2D eigenvalue weighted by atomic mass is 31.2. The molecule has 0 heterocycles. The molecule has 0 aliphatic carbocycles. The van der Waals surface area contributed by atoms with Gasteiger partial charge in [0.15, 0.2) is 6.10 Å². The number of allylic oxidation sites excluding steroid dienone is 26. The molecule has 16 nitrogen and oxygen atoms in total. The topological polar surface area (TPSA) is 231 Å². The minimum absolute atomic E-state index is 0.0871. The van der Waals surface area contributed by atoms with E-state index in [2.05, 4.69) is 179 Å². The summed E-state index contributed by atoms with van der Waals surface area (Å²) in [5.41, 5.74) is 0. The summed E-state index contributed by atoms with van der Waals surface area (Å²) in [6, 6.07) is 0. The zero-order valence-electron chi connectivity index (χ0n) is 69.8. The van der Waals surface area contributed by atoms with E-state index in [0.29, 0.717) is 19.3 Å². The molecule has 0 aromatic heterocycles. The summed E-state index contributed by atoms with van der Waals surface area (Å²) < 4.78 is 61.3. The van der Waals surface area contributed by atoms with E-state index in [9.17, 15) is 43.5 Å². The van der Waals surface area contributed by atoms with E-state index in [1.165, 1.54) is 103 Å². The molecule has 5 atom stereocenters. The second-order valence-electron chi connectivity index (χ2n) is 28.9. The van der Waals surface area contributed by atoms with Crippen LogP contribution < -0.4 is 0 Å². The lowest BCUT2D eigenvalue weighted by Gasteiger charge is -2.21. The number of aliphatic hydroxyl groups is 2. The summed E-state index contributed by atoms with van der Waals surface area (Å²) in [7, 11) is -9.81. The van der Waals surface area contributed by atoms with Gasteiger partial charge in [0.2, 0.25) is 0 Å². The van der Waals surface area contributed by atoms with E-state index >= 15 is 0 Å². The fourth-order valence-corrected chi connectivity index (χ4v) is 13.3. The van der Waals surface area contributed by atoms with Gasteiger partial charge in [-0.15, -0.1) is 0 Å². The normalized spacial score (nSPS) is 14.6. The summed E-state index contributed by atoms with van der Waals surface area (Å²) in [6.45, 7) is 2.35. The minimum Gasteiger partial charge on any atom is -0.463 e. The summed E-state index contributed by atoms with van der Waals surface area (Å²) in [6.07, 6.45) is 107. The van der Waals surface area contributed by atoms with Crippen molar-refractivity contribution < 1.29 is 75.8 Å². The monoisotopic (exact) mass is 1590 g/mol. The second-order valence-corrected chi connectivity index (χ2v) is 31.8. The number of hydrogen-bond acceptors (Lipinski definition) is 14. The number of unbranched alkanes of at least 4 members (excludes halogenated alkanes) is 33. The molecule has 0 saturated carbocycles. The third-order valence-corrected chi connectivity index (χ3v) is 20.1. The molecular weight excluding hydrogens is 1430 g/mol. The van der Waals surface area contributed by atoms with Gasteiger partial charge in [-0.25, -0.2) is 9.13 Å². The maximum Gasteiger partial charge on any atom is 0.472 e. The SMILES string of the molecule is CC/C=C\C/C=C\C/C=C\C/C=C\C/C=C\CCCCCCCCCCCCCCCCCCCCCC(=O)OCC(O)COP(=O)(O)OCC(O)COP(=O)(O)OCC(COC(=O)CCCCCCCCC/C=C\C/C=C\C/C=C\C/C=C\C/C=C\CC)OC(=O)CCCCCCCCC/C=C\C/C=C\C/C=C\CC. The summed E-state index contributed by atoms with van der Waals surface area (Å²) in [5.74, 6) is -1.59. The molecule has 0 aliphatic rings. The Morgan fingerprint density at radius 1 is 0.252 bits per heavy atom. The molecule has 0 spiro atoms. The number of aliphatic hydroxyl groups excluding tert-OH is 2. The fourth-order valence-electron chi connectivity index (χ4n) is 11.7. The lowest BCUT2D eigenvalue weighted by molar-refractivity contribution is -0.161. The summed E-state index contributed by atoms with van der Waals surface area (Å²) in [5, 5.41) is 20.7. The van der Waals surface area contributed by atoms with Crippen LogP contribution in [0.25, 0.3) is 0 Å². The third-order valence-electron chi connectivity index (χ3n) is 18.2. The van der Waals surface area contributed by atoms with Gasteiger partial charge in [0, 0.05) is 19.3 Å². The van der Waals surface area contributed by atoms with Gasteiger partial charge in [0.05, 0.1) is 26.4 Å². The molecule has 0 aliphatic heterocycles. The molecule has 0 saturated heterocycles. The summed E-state index contributed by atoms with van der Waals surface area (Å²) in [4.78, 5) is 58.8. The van der Waals surface area contributed by atoms with Gasteiger partial charge in [-0.05, 0) is 141 Å². The number of phosphoric ester groups is 2. The third kappa shape index (κ3) is 85.9. The van der Waals surface area contributed by atoms with Crippen molar-refractivity contribution in [3.8, 4) is 0 Å². The predicted molar refractivity (Wildman–Crippen MR) is 463 cm³/mol. The van der Waals surface area contributed by atoms with Gasteiger partial charge in [-0.2, -0.15) is 0 Å². The molecule has 0 radical (unpaired) electrons. The van der Waals surface area contributed by atoms with E-state index < -0.39 is 91.5 Å². The Morgan fingerprint density at radius 3 is 0.712 bits per heavy atom. The van der Waals surface area contributed by atoms with Crippen molar-refractivity contribution in [3.05, 3.63) is 158 Å². The maximum absolute atomic E-state index is 13.0. The molecule has 0 bridgehead atoms. The van der Waals surface area contributed by atoms with Gasteiger partial charge < -0.3 is 34.2 Å². The highest BCUT2D eigenvalue weighted by molar-refractivity contribution is 7.47. The van der Waals surface area contributed by atoms with E-state index in [4.69, 9.17) is 32.3 Å². The molecule has 4 N–H and O–H groups in total. The van der Waals surface area contributed by atoms with Crippen LogP contribution in [-0.2, 0) is 55.8 Å². The Balaban J connectivity index is 4.47. The number of carbonyl (C=O) groups excluding carboxylic acids is 3. The quantitative estimate of drug-likeness (QED) is 0.0146. The number of rotatable bonds is 82. The number of carbonyl (C=O) groups is 3. The van der Waals surface area contributed by atoms with Crippen LogP contribution in [0.5, 0.6) is 0 Å². The first kappa shape index (κ1) is 106. The molecule has 0 aromatic carbocycles. The first-order chi connectivity index (χ1) is 54.2. The van der Waals surface area contributed by atoms with Crippen molar-refractivity contribution in [2.45, 2.75) is 373 Å².